The Kier molecular flexibility index (Phi) is 4.42. The van der Waals surface area contributed by atoms with Gasteiger partial charge in [-0.15, -0.1) is 11.6 Å². The van der Waals surface area contributed by atoms with Gasteiger partial charge in [0.15, 0.2) is 0 Å². The van der Waals surface area contributed by atoms with Crippen LogP contribution in [0, 0.1) is 5.92 Å². The molecule has 0 saturated carbocycles. The fourth-order valence-corrected chi connectivity index (χ4v) is 3.90. The van der Waals surface area contributed by atoms with Gasteiger partial charge in [0, 0.05) is 16.9 Å². The number of benzene rings is 1. The predicted octanol–water partition coefficient (Wildman–Crippen LogP) is 5.32. The summed E-state index contributed by atoms with van der Waals surface area (Å²) in [4.78, 5) is 4.25. The maximum absolute atomic E-state index is 6.78. The maximum atomic E-state index is 6.78. The molecule has 1 aromatic carbocycles. The van der Waals surface area contributed by atoms with E-state index in [1.54, 1.807) is 0 Å². The number of nitrogens with zero attached hydrogens (tertiary/aromatic N) is 1. The lowest BCUT2D eigenvalue weighted by Crippen LogP contribution is -2.10. The third-order valence-electron chi connectivity index (χ3n) is 4.05. The monoisotopic (exact) mass is 349 g/mol. The second-order valence-corrected chi connectivity index (χ2v) is 6.85. The molecule has 2 aromatic rings. The van der Waals surface area contributed by atoms with Gasteiger partial charge < -0.3 is 0 Å². The van der Waals surface area contributed by atoms with Crippen LogP contribution in [0.1, 0.15) is 34.9 Å². The highest BCUT2D eigenvalue weighted by Gasteiger charge is 2.26. The van der Waals surface area contributed by atoms with E-state index in [1.807, 2.05) is 12.4 Å². The van der Waals surface area contributed by atoms with Crippen LogP contribution in [0.3, 0.4) is 0 Å². The molecular weight excluding hydrogens is 334 g/mol. The molecule has 0 N–H and O–H groups in total. The number of hydrogen-bond acceptors (Lipinski definition) is 1. The van der Waals surface area contributed by atoms with E-state index in [2.05, 4.69) is 51.2 Å². The minimum atomic E-state index is 0.104. The van der Waals surface area contributed by atoms with Gasteiger partial charge in [-0.2, -0.15) is 0 Å². The number of aryl methyl sites for hydroxylation is 1. The summed E-state index contributed by atoms with van der Waals surface area (Å²) in [7, 11) is 0. The predicted molar refractivity (Wildman–Crippen MR) is 87.1 cm³/mol. The van der Waals surface area contributed by atoms with Crippen LogP contribution in [-0.2, 0) is 12.8 Å². The quantitative estimate of drug-likeness (QED) is 0.527. The first-order chi connectivity index (χ1) is 9.74. The van der Waals surface area contributed by atoms with Crippen LogP contribution >= 0.6 is 27.5 Å². The molecule has 1 aliphatic carbocycles. The first-order valence-corrected chi connectivity index (χ1v) is 8.28. The van der Waals surface area contributed by atoms with Crippen LogP contribution in [0.4, 0.5) is 0 Å². The molecule has 3 rings (SSSR count). The van der Waals surface area contributed by atoms with Crippen LogP contribution in [0.2, 0.25) is 0 Å². The molecule has 3 heteroatoms. The second-order valence-electron chi connectivity index (χ2n) is 5.47. The molecule has 2 unspecified atom stereocenters. The SMILES string of the molecule is ClC1c2ccccc2CCCC1Cc1cncc(Br)c1. The zero-order chi connectivity index (χ0) is 13.9. The fourth-order valence-electron chi connectivity index (χ4n) is 3.06. The normalized spacial score (nSPS) is 22.1. The van der Waals surface area contributed by atoms with Crippen LogP contribution in [-0.4, -0.2) is 4.98 Å². The maximum Gasteiger partial charge on any atom is 0.0619 e. The van der Waals surface area contributed by atoms with Gasteiger partial charge in [0.05, 0.1) is 5.38 Å². The zero-order valence-electron chi connectivity index (χ0n) is 11.2. The van der Waals surface area contributed by atoms with Gasteiger partial charge in [-0.25, -0.2) is 0 Å². The van der Waals surface area contributed by atoms with E-state index in [-0.39, 0.29) is 5.38 Å². The van der Waals surface area contributed by atoms with Gasteiger partial charge >= 0.3 is 0 Å². The Morgan fingerprint density at radius 2 is 2.10 bits per heavy atom. The molecule has 1 nitrogen and oxygen atoms in total. The Bertz CT molecular complexity index is 599. The van der Waals surface area contributed by atoms with Crippen molar-refractivity contribution in [2.24, 2.45) is 5.92 Å². The molecule has 0 saturated heterocycles. The summed E-state index contributed by atoms with van der Waals surface area (Å²) in [6.07, 6.45) is 8.30. The minimum absolute atomic E-state index is 0.104. The van der Waals surface area contributed by atoms with Gasteiger partial charge in [-0.1, -0.05) is 24.3 Å². The van der Waals surface area contributed by atoms with Gasteiger partial charge in [0.1, 0.15) is 0 Å². The number of fused-ring (bicyclic) bond motifs is 1. The van der Waals surface area contributed by atoms with E-state index >= 15 is 0 Å². The number of alkyl halides is 1. The van der Waals surface area contributed by atoms with E-state index < -0.39 is 0 Å². The van der Waals surface area contributed by atoms with Crippen molar-refractivity contribution in [2.45, 2.75) is 31.1 Å². The van der Waals surface area contributed by atoms with Gasteiger partial charge in [-0.05, 0) is 70.3 Å². The van der Waals surface area contributed by atoms with Crippen molar-refractivity contribution >= 4 is 27.5 Å². The van der Waals surface area contributed by atoms with E-state index in [0.717, 1.165) is 17.3 Å². The van der Waals surface area contributed by atoms with Crippen LogP contribution < -0.4 is 0 Å². The third-order valence-corrected chi connectivity index (χ3v) is 5.07. The van der Waals surface area contributed by atoms with Gasteiger partial charge in [0.2, 0.25) is 0 Å². The standard InChI is InChI=1S/C17H17BrClN/c18-15-9-12(10-20-11-15)8-14-6-3-5-13-4-1-2-7-16(13)17(14)19/h1-2,4,7,9-11,14,17H,3,5-6,8H2. The van der Waals surface area contributed by atoms with Crippen molar-refractivity contribution in [1.29, 1.82) is 0 Å². The summed E-state index contributed by atoms with van der Waals surface area (Å²) >= 11 is 10.3. The molecule has 1 aromatic heterocycles. The van der Waals surface area contributed by atoms with E-state index in [9.17, 15) is 0 Å². The lowest BCUT2D eigenvalue weighted by atomic mass is 9.90. The molecule has 0 aliphatic heterocycles. The van der Waals surface area contributed by atoms with Gasteiger partial charge in [0.25, 0.3) is 0 Å². The summed E-state index contributed by atoms with van der Waals surface area (Å²) < 4.78 is 1.04. The number of halogens is 2. The highest BCUT2D eigenvalue weighted by Crippen LogP contribution is 2.39. The average molecular weight is 351 g/mol. The van der Waals surface area contributed by atoms with E-state index in [0.29, 0.717) is 5.92 Å². The first kappa shape index (κ1) is 14.1. The Labute approximate surface area is 133 Å². The van der Waals surface area contributed by atoms with Crippen LogP contribution in [0.15, 0.2) is 47.2 Å². The molecule has 1 heterocycles. The number of rotatable bonds is 2. The Balaban J connectivity index is 1.84. The second kappa shape index (κ2) is 6.28. The third kappa shape index (κ3) is 3.07. The molecule has 0 radical (unpaired) electrons. The number of pyridine rings is 1. The van der Waals surface area contributed by atoms with Crippen LogP contribution in [0.5, 0.6) is 0 Å². The molecule has 0 spiro atoms. The number of aromatic nitrogens is 1. The molecular formula is C17H17BrClN. The fraction of sp³-hybridized carbons (Fsp3) is 0.353. The molecule has 1 aliphatic rings. The Morgan fingerprint density at radius 1 is 1.25 bits per heavy atom. The molecule has 20 heavy (non-hydrogen) atoms. The van der Waals surface area contributed by atoms with Gasteiger partial charge in [-0.3, -0.25) is 4.98 Å². The topological polar surface area (TPSA) is 12.9 Å². The Morgan fingerprint density at radius 3 is 2.95 bits per heavy atom. The summed E-state index contributed by atoms with van der Waals surface area (Å²) in [5.41, 5.74) is 4.00. The van der Waals surface area contributed by atoms with Crippen molar-refractivity contribution in [3.05, 3.63) is 63.9 Å². The molecule has 0 amide bonds. The largest absolute Gasteiger partial charge is 0.263 e. The van der Waals surface area contributed by atoms with Crippen LogP contribution in [0.25, 0.3) is 0 Å². The summed E-state index contributed by atoms with van der Waals surface area (Å²) in [6, 6.07) is 10.8. The van der Waals surface area contributed by atoms with E-state index in [4.69, 9.17) is 11.6 Å². The van der Waals surface area contributed by atoms with Crippen molar-refractivity contribution in [3.63, 3.8) is 0 Å². The minimum Gasteiger partial charge on any atom is -0.263 e. The van der Waals surface area contributed by atoms with Crippen molar-refractivity contribution in [3.8, 4) is 0 Å². The molecule has 0 bridgehead atoms. The van der Waals surface area contributed by atoms with Crippen molar-refractivity contribution < 1.29 is 0 Å². The van der Waals surface area contributed by atoms with Crippen molar-refractivity contribution in [1.82, 2.24) is 4.98 Å². The van der Waals surface area contributed by atoms with E-state index in [1.165, 1.54) is 29.5 Å². The lowest BCUT2D eigenvalue weighted by Gasteiger charge is -2.21. The summed E-state index contributed by atoms with van der Waals surface area (Å²) in [5, 5.41) is 0.104. The number of hydrogen-bond donors (Lipinski definition) is 0. The lowest BCUT2D eigenvalue weighted by molar-refractivity contribution is 0.465. The highest BCUT2D eigenvalue weighted by molar-refractivity contribution is 9.10. The summed E-state index contributed by atoms with van der Waals surface area (Å²) in [6.45, 7) is 0. The first-order valence-electron chi connectivity index (χ1n) is 7.05. The van der Waals surface area contributed by atoms with Crippen molar-refractivity contribution in [2.75, 3.05) is 0 Å². The average Bonchev–Trinajstić information content (AvgIpc) is 2.60. The molecule has 104 valence electrons. The smallest absolute Gasteiger partial charge is 0.0619 e. The molecule has 0 fully saturated rings. The zero-order valence-corrected chi connectivity index (χ0v) is 13.6. The molecule has 2 atom stereocenters. The highest BCUT2D eigenvalue weighted by atomic mass is 79.9. The Hall–Kier alpha value is -0.860. The summed E-state index contributed by atoms with van der Waals surface area (Å²) in [5.74, 6) is 0.483.